The summed E-state index contributed by atoms with van der Waals surface area (Å²) in [6.45, 7) is 4.63. The molecule has 0 atom stereocenters. The van der Waals surface area contributed by atoms with Gasteiger partial charge in [-0.05, 0) is 31.5 Å². The summed E-state index contributed by atoms with van der Waals surface area (Å²) in [5.74, 6) is 0.404. The van der Waals surface area contributed by atoms with Gasteiger partial charge in [0.15, 0.2) is 10.9 Å². The third-order valence-corrected chi connectivity index (χ3v) is 5.14. The summed E-state index contributed by atoms with van der Waals surface area (Å²) in [4.78, 5) is 16.5. The third kappa shape index (κ3) is 3.55. The van der Waals surface area contributed by atoms with Crippen LogP contribution in [0.4, 0.5) is 0 Å². The van der Waals surface area contributed by atoms with Gasteiger partial charge < -0.3 is 4.57 Å². The summed E-state index contributed by atoms with van der Waals surface area (Å²) in [6.07, 6.45) is 1.43. The molecule has 2 aromatic heterocycles. The molecule has 3 aromatic rings. The van der Waals surface area contributed by atoms with E-state index in [1.54, 1.807) is 0 Å². The number of nitrogens with zero attached hydrogens (tertiary/aromatic N) is 3. The van der Waals surface area contributed by atoms with Crippen molar-refractivity contribution in [3.05, 3.63) is 64.2 Å². The smallest absolute Gasteiger partial charge is 0.183 e. The third-order valence-electron chi connectivity index (χ3n) is 3.89. The molecule has 1 N–H and O–H groups in total. The molecule has 0 saturated heterocycles. The Labute approximate surface area is 149 Å². The summed E-state index contributed by atoms with van der Waals surface area (Å²) >= 11 is 7.61. The molecule has 0 fully saturated rings. The Kier molecular flexibility index (Phi) is 5.06. The van der Waals surface area contributed by atoms with E-state index in [0.29, 0.717) is 17.5 Å². The topological polar surface area (TPSA) is 63.6 Å². The number of halogens is 1. The van der Waals surface area contributed by atoms with Gasteiger partial charge in [0, 0.05) is 28.5 Å². The first-order chi connectivity index (χ1) is 11.6. The molecular weight excluding hydrogens is 344 g/mol. The van der Waals surface area contributed by atoms with Crippen LogP contribution in [0.2, 0.25) is 5.02 Å². The zero-order chi connectivity index (χ0) is 17.1. The molecule has 24 heavy (non-hydrogen) atoms. The number of thioether (sulfide) groups is 1. The Morgan fingerprint density at radius 2 is 2.12 bits per heavy atom. The SMILES string of the molecule is Cc1cc(C(=O)CSc2ncn[nH]2)c(C)n1Cc1ccccc1Cl. The molecule has 124 valence electrons. The monoisotopic (exact) mass is 360 g/mol. The summed E-state index contributed by atoms with van der Waals surface area (Å²) in [5, 5.41) is 7.90. The highest BCUT2D eigenvalue weighted by Crippen LogP contribution is 2.23. The Bertz CT molecular complexity index is 858. The van der Waals surface area contributed by atoms with Crippen molar-refractivity contribution >= 4 is 29.1 Å². The predicted molar refractivity (Wildman–Crippen MR) is 95.9 cm³/mol. The van der Waals surface area contributed by atoms with Crippen LogP contribution in [0.5, 0.6) is 0 Å². The molecule has 2 heterocycles. The van der Waals surface area contributed by atoms with E-state index in [0.717, 1.165) is 27.5 Å². The average molecular weight is 361 g/mol. The second-order valence-electron chi connectivity index (χ2n) is 5.46. The van der Waals surface area contributed by atoms with E-state index >= 15 is 0 Å². The summed E-state index contributed by atoms with van der Waals surface area (Å²) in [5.41, 5.74) is 3.78. The standard InChI is InChI=1S/C17H17ClN4OS/c1-11-7-14(16(23)9-24-17-19-10-20-21-17)12(2)22(11)8-13-5-3-4-6-15(13)18/h3-7,10H,8-9H2,1-2H3,(H,19,20,21). The molecule has 5 nitrogen and oxygen atoms in total. The number of Topliss-reactive ketones (excluding diaryl/α,β-unsaturated/α-hetero) is 1. The van der Waals surface area contributed by atoms with Gasteiger partial charge in [0.2, 0.25) is 0 Å². The van der Waals surface area contributed by atoms with Gasteiger partial charge in [-0.3, -0.25) is 9.89 Å². The van der Waals surface area contributed by atoms with Crippen LogP contribution in [0.15, 0.2) is 41.8 Å². The van der Waals surface area contributed by atoms with E-state index in [1.807, 2.05) is 44.2 Å². The van der Waals surface area contributed by atoms with Gasteiger partial charge in [-0.2, -0.15) is 5.10 Å². The van der Waals surface area contributed by atoms with Crippen molar-refractivity contribution in [2.45, 2.75) is 25.5 Å². The van der Waals surface area contributed by atoms with Crippen molar-refractivity contribution in [3.63, 3.8) is 0 Å². The van der Waals surface area contributed by atoms with Crippen LogP contribution in [0.25, 0.3) is 0 Å². The van der Waals surface area contributed by atoms with E-state index in [9.17, 15) is 4.79 Å². The van der Waals surface area contributed by atoms with Crippen LogP contribution in [0, 0.1) is 13.8 Å². The van der Waals surface area contributed by atoms with Gasteiger partial charge >= 0.3 is 0 Å². The molecule has 0 unspecified atom stereocenters. The number of hydrogen-bond acceptors (Lipinski definition) is 4. The van der Waals surface area contributed by atoms with Crippen LogP contribution in [-0.4, -0.2) is 31.3 Å². The zero-order valence-electron chi connectivity index (χ0n) is 13.4. The molecule has 7 heteroatoms. The van der Waals surface area contributed by atoms with Gasteiger partial charge in [-0.15, -0.1) is 0 Å². The quantitative estimate of drug-likeness (QED) is 0.535. The summed E-state index contributed by atoms with van der Waals surface area (Å²) in [7, 11) is 0. The normalized spacial score (nSPS) is 11.0. The molecule has 0 bridgehead atoms. The molecule has 0 spiro atoms. The number of aromatic amines is 1. The molecule has 0 aliphatic carbocycles. The lowest BCUT2D eigenvalue weighted by Gasteiger charge is -2.11. The Balaban J connectivity index is 1.78. The van der Waals surface area contributed by atoms with Gasteiger partial charge in [-0.1, -0.05) is 41.6 Å². The first-order valence-corrected chi connectivity index (χ1v) is 8.84. The molecule has 3 rings (SSSR count). The molecule has 0 aliphatic rings. The van der Waals surface area contributed by atoms with Crippen molar-refractivity contribution < 1.29 is 4.79 Å². The number of carbonyl (C=O) groups excluding carboxylic acids is 1. The minimum atomic E-state index is 0.0786. The fraction of sp³-hybridized carbons (Fsp3) is 0.235. The number of aromatic nitrogens is 4. The molecule has 0 amide bonds. The number of nitrogens with one attached hydrogen (secondary N) is 1. The number of hydrogen-bond donors (Lipinski definition) is 1. The molecular formula is C17H17ClN4OS. The second kappa shape index (κ2) is 7.23. The number of benzene rings is 1. The van der Waals surface area contributed by atoms with Crippen molar-refractivity contribution in [2.75, 3.05) is 5.75 Å². The fourth-order valence-electron chi connectivity index (χ4n) is 2.60. The van der Waals surface area contributed by atoms with E-state index in [-0.39, 0.29) is 5.78 Å². The van der Waals surface area contributed by atoms with Gasteiger partial charge in [0.1, 0.15) is 6.33 Å². The van der Waals surface area contributed by atoms with E-state index in [2.05, 4.69) is 19.7 Å². The average Bonchev–Trinajstić information content (AvgIpc) is 3.18. The zero-order valence-corrected chi connectivity index (χ0v) is 15.0. The van der Waals surface area contributed by atoms with Crippen LogP contribution in [0.3, 0.4) is 0 Å². The van der Waals surface area contributed by atoms with Crippen LogP contribution >= 0.6 is 23.4 Å². The number of aryl methyl sites for hydroxylation is 1. The maximum absolute atomic E-state index is 12.5. The van der Waals surface area contributed by atoms with E-state index < -0.39 is 0 Å². The minimum absolute atomic E-state index is 0.0786. The largest absolute Gasteiger partial charge is 0.344 e. The number of H-pyrrole nitrogens is 1. The van der Waals surface area contributed by atoms with E-state index in [4.69, 9.17) is 11.6 Å². The number of ketones is 1. The van der Waals surface area contributed by atoms with Crippen molar-refractivity contribution in [1.82, 2.24) is 19.7 Å². The minimum Gasteiger partial charge on any atom is -0.344 e. The number of carbonyl (C=O) groups is 1. The lowest BCUT2D eigenvalue weighted by Crippen LogP contribution is -2.08. The highest BCUT2D eigenvalue weighted by atomic mass is 35.5. The van der Waals surface area contributed by atoms with Crippen molar-refractivity contribution in [2.24, 2.45) is 0 Å². The van der Waals surface area contributed by atoms with Gasteiger partial charge in [0.05, 0.1) is 5.75 Å². The van der Waals surface area contributed by atoms with Crippen LogP contribution in [-0.2, 0) is 6.54 Å². The van der Waals surface area contributed by atoms with Crippen molar-refractivity contribution in [1.29, 1.82) is 0 Å². The first kappa shape index (κ1) is 16.8. The van der Waals surface area contributed by atoms with Crippen LogP contribution < -0.4 is 0 Å². The highest BCUT2D eigenvalue weighted by molar-refractivity contribution is 7.99. The summed E-state index contributed by atoms with van der Waals surface area (Å²) < 4.78 is 2.12. The molecule has 0 saturated carbocycles. The first-order valence-electron chi connectivity index (χ1n) is 7.47. The maximum atomic E-state index is 12.5. The molecule has 0 aliphatic heterocycles. The Morgan fingerprint density at radius 3 is 2.83 bits per heavy atom. The Hall–Kier alpha value is -2.05. The van der Waals surface area contributed by atoms with Gasteiger partial charge in [0.25, 0.3) is 0 Å². The maximum Gasteiger partial charge on any atom is 0.183 e. The molecule has 1 aromatic carbocycles. The Morgan fingerprint density at radius 1 is 1.33 bits per heavy atom. The molecule has 0 radical (unpaired) electrons. The fourth-order valence-corrected chi connectivity index (χ4v) is 3.46. The van der Waals surface area contributed by atoms with Crippen LogP contribution in [0.1, 0.15) is 27.3 Å². The predicted octanol–water partition coefficient (Wildman–Crippen LogP) is 3.90. The summed E-state index contributed by atoms with van der Waals surface area (Å²) in [6, 6.07) is 9.70. The van der Waals surface area contributed by atoms with Crippen molar-refractivity contribution in [3.8, 4) is 0 Å². The van der Waals surface area contributed by atoms with Gasteiger partial charge in [-0.25, -0.2) is 4.98 Å². The lowest BCUT2D eigenvalue weighted by atomic mass is 10.2. The lowest BCUT2D eigenvalue weighted by molar-refractivity contribution is 0.102. The second-order valence-corrected chi connectivity index (χ2v) is 6.84. The van der Waals surface area contributed by atoms with E-state index in [1.165, 1.54) is 18.1 Å². The highest BCUT2D eigenvalue weighted by Gasteiger charge is 2.17. The number of rotatable bonds is 6.